The molecule has 0 saturated carbocycles. The zero-order valence-corrected chi connectivity index (χ0v) is 18.7. The van der Waals surface area contributed by atoms with Crippen molar-refractivity contribution in [1.29, 1.82) is 0 Å². The molecule has 1 amide bonds. The molecule has 0 saturated heterocycles. The van der Waals surface area contributed by atoms with Crippen LogP contribution >= 0.6 is 0 Å². The van der Waals surface area contributed by atoms with E-state index in [-0.39, 0.29) is 17.7 Å². The van der Waals surface area contributed by atoms with Gasteiger partial charge in [0.15, 0.2) is 0 Å². The number of esters is 1. The maximum Gasteiger partial charge on any atom is 0.355 e. The number of amides is 1. The van der Waals surface area contributed by atoms with Gasteiger partial charge in [-0.05, 0) is 59.0 Å². The van der Waals surface area contributed by atoms with E-state index in [1.807, 2.05) is 12.1 Å². The van der Waals surface area contributed by atoms with Gasteiger partial charge in [0.05, 0.1) is 13.4 Å². The SMILES string of the molecule is COc1ccc(/C=C(\NC(=O)c2ccc(C(C)(C)C)cc2)C(=O)OCc2ccco2)cc1. The number of rotatable bonds is 7. The first-order chi connectivity index (χ1) is 15.3. The molecule has 0 spiro atoms. The summed E-state index contributed by atoms with van der Waals surface area (Å²) in [5.41, 5.74) is 2.26. The second-order valence-electron chi connectivity index (χ2n) is 8.27. The minimum absolute atomic E-state index is 0.0200. The molecular weight excluding hydrogens is 406 g/mol. The van der Waals surface area contributed by atoms with E-state index in [0.717, 1.165) is 5.56 Å². The highest BCUT2D eigenvalue weighted by molar-refractivity contribution is 6.03. The summed E-state index contributed by atoms with van der Waals surface area (Å²) in [4.78, 5) is 25.6. The van der Waals surface area contributed by atoms with Crippen LogP contribution in [0.15, 0.2) is 77.0 Å². The lowest BCUT2D eigenvalue weighted by Crippen LogP contribution is -2.28. The monoisotopic (exact) mass is 433 g/mol. The maximum atomic E-state index is 12.8. The van der Waals surface area contributed by atoms with Gasteiger partial charge in [-0.15, -0.1) is 0 Å². The maximum absolute atomic E-state index is 12.8. The molecule has 1 N–H and O–H groups in total. The van der Waals surface area contributed by atoms with Crippen molar-refractivity contribution in [2.75, 3.05) is 7.11 Å². The molecule has 3 rings (SSSR count). The van der Waals surface area contributed by atoms with Crippen molar-refractivity contribution in [3.8, 4) is 5.75 Å². The second-order valence-corrected chi connectivity index (χ2v) is 8.27. The van der Waals surface area contributed by atoms with E-state index < -0.39 is 11.9 Å². The number of hydrogen-bond acceptors (Lipinski definition) is 5. The van der Waals surface area contributed by atoms with Crippen molar-refractivity contribution in [2.24, 2.45) is 0 Å². The van der Waals surface area contributed by atoms with Crippen LogP contribution in [0.4, 0.5) is 0 Å². The molecule has 0 atom stereocenters. The molecule has 1 heterocycles. The summed E-state index contributed by atoms with van der Waals surface area (Å²) in [6, 6.07) is 17.8. The van der Waals surface area contributed by atoms with E-state index >= 15 is 0 Å². The van der Waals surface area contributed by atoms with E-state index in [1.165, 1.54) is 6.26 Å². The third kappa shape index (κ3) is 6.11. The zero-order chi connectivity index (χ0) is 23.1. The number of nitrogens with one attached hydrogen (secondary N) is 1. The summed E-state index contributed by atoms with van der Waals surface area (Å²) >= 11 is 0. The van der Waals surface area contributed by atoms with Crippen LogP contribution in [-0.4, -0.2) is 19.0 Å². The van der Waals surface area contributed by atoms with Crippen molar-refractivity contribution in [3.63, 3.8) is 0 Å². The molecule has 6 heteroatoms. The van der Waals surface area contributed by atoms with Crippen LogP contribution in [0.1, 0.15) is 48.0 Å². The molecule has 0 aliphatic carbocycles. The molecule has 2 aromatic carbocycles. The molecular formula is C26H27NO5. The number of ether oxygens (including phenoxy) is 2. The lowest BCUT2D eigenvalue weighted by atomic mass is 9.87. The van der Waals surface area contributed by atoms with Crippen LogP contribution in [0.25, 0.3) is 6.08 Å². The zero-order valence-electron chi connectivity index (χ0n) is 18.7. The Bertz CT molecular complexity index is 1070. The highest BCUT2D eigenvalue weighted by Crippen LogP contribution is 2.22. The third-order valence-corrected chi connectivity index (χ3v) is 4.83. The Balaban J connectivity index is 1.81. The van der Waals surface area contributed by atoms with Crippen LogP contribution in [0, 0.1) is 0 Å². The second kappa shape index (κ2) is 10.0. The summed E-state index contributed by atoms with van der Waals surface area (Å²) in [5.74, 6) is 0.121. The van der Waals surface area contributed by atoms with Crippen molar-refractivity contribution in [2.45, 2.75) is 32.8 Å². The first kappa shape index (κ1) is 22.9. The molecule has 0 bridgehead atoms. The normalized spacial score (nSPS) is 11.7. The van der Waals surface area contributed by atoms with Gasteiger partial charge in [0.1, 0.15) is 23.8 Å². The minimum atomic E-state index is -0.670. The molecule has 0 aliphatic rings. The molecule has 166 valence electrons. The van der Waals surface area contributed by atoms with Gasteiger partial charge in [-0.25, -0.2) is 4.79 Å². The lowest BCUT2D eigenvalue weighted by molar-refractivity contribution is -0.141. The molecule has 0 radical (unpaired) electrons. The Morgan fingerprint density at radius 1 is 1.00 bits per heavy atom. The molecule has 6 nitrogen and oxygen atoms in total. The van der Waals surface area contributed by atoms with Crippen LogP contribution in [0.3, 0.4) is 0 Å². The number of benzene rings is 2. The van der Waals surface area contributed by atoms with Gasteiger partial charge in [-0.3, -0.25) is 4.79 Å². The summed E-state index contributed by atoms with van der Waals surface area (Å²) in [6.45, 7) is 6.27. The van der Waals surface area contributed by atoms with Crippen LogP contribution in [0.2, 0.25) is 0 Å². The van der Waals surface area contributed by atoms with E-state index in [0.29, 0.717) is 22.6 Å². The fourth-order valence-electron chi connectivity index (χ4n) is 2.94. The first-order valence-electron chi connectivity index (χ1n) is 10.2. The van der Waals surface area contributed by atoms with Gasteiger partial charge in [0.25, 0.3) is 5.91 Å². The summed E-state index contributed by atoms with van der Waals surface area (Å²) in [5, 5.41) is 2.68. The van der Waals surface area contributed by atoms with Crippen molar-refractivity contribution >= 4 is 18.0 Å². The van der Waals surface area contributed by atoms with Crippen LogP contribution in [0.5, 0.6) is 5.75 Å². The number of carbonyl (C=O) groups is 2. The van der Waals surface area contributed by atoms with Gasteiger partial charge >= 0.3 is 5.97 Å². The Labute approximate surface area is 187 Å². The molecule has 32 heavy (non-hydrogen) atoms. The quantitative estimate of drug-likeness (QED) is 0.414. The summed E-state index contributed by atoms with van der Waals surface area (Å²) in [6.07, 6.45) is 3.06. The van der Waals surface area contributed by atoms with Gasteiger partial charge in [-0.1, -0.05) is 45.0 Å². The smallest absolute Gasteiger partial charge is 0.355 e. The topological polar surface area (TPSA) is 77.8 Å². The molecule has 3 aromatic rings. The highest BCUT2D eigenvalue weighted by Gasteiger charge is 2.18. The minimum Gasteiger partial charge on any atom is -0.497 e. The fraction of sp³-hybridized carbons (Fsp3) is 0.231. The van der Waals surface area contributed by atoms with E-state index in [9.17, 15) is 9.59 Å². The number of hydrogen-bond donors (Lipinski definition) is 1. The largest absolute Gasteiger partial charge is 0.497 e. The fourth-order valence-corrected chi connectivity index (χ4v) is 2.94. The Morgan fingerprint density at radius 2 is 1.69 bits per heavy atom. The predicted octanol–water partition coefficient (Wildman–Crippen LogP) is 5.10. The van der Waals surface area contributed by atoms with E-state index in [1.54, 1.807) is 61.7 Å². The first-order valence-corrected chi connectivity index (χ1v) is 10.2. The molecule has 1 aromatic heterocycles. The highest BCUT2D eigenvalue weighted by atomic mass is 16.5. The van der Waals surface area contributed by atoms with Gasteiger partial charge < -0.3 is 19.2 Å². The third-order valence-electron chi connectivity index (χ3n) is 4.83. The molecule has 0 fully saturated rings. The number of furan rings is 1. The molecule has 0 unspecified atom stereocenters. The number of carbonyl (C=O) groups excluding carboxylic acids is 2. The van der Waals surface area contributed by atoms with Gasteiger partial charge in [0.2, 0.25) is 0 Å². The van der Waals surface area contributed by atoms with Crippen molar-refractivity contribution in [3.05, 3.63) is 95.1 Å². The Kier molecular flexibility index (Phi) is 7.15. The van der Waals surface area contributed by atoms with Crippen LogP contribution < -0.4 is 10.1 Å². The van der Waals surface area contributed by atoms with E-state index in [2.05, 4.69) is 26.1 Å². The van der Waals surface area contributed by atoms with Gasteiger partial charge in [0, 0.05) is 5.56 Å². The van der Waals surface area contributed by atoms with Crippen molar-refractivity contribution in [1.82, 2.24) is 5.32 Å². The van der Waals surface area contributed by atoms with Crippen molar-refractivity contribution < 1.29 is 23.5 Å². The number of methoxy groups -OCH3 is 1. The van der Waals surface area contributed by atoms with E-state index in [4.69, 9.17) is 13.9 Å². The standard InChI is InChI=1S/C26H27NO5/c1-26(2,3)20-11-9-19(10-12-20)24(28)27-23(16-18-7-13-21(30-4)14-8-18)25(29)32-17-22-6-5-15-31-22/h5-16H,17H2,1-4H3,(H,27,28)/b23-16-. The Hall–Kier alpha value is -3.80. The Morgan fingerprint density at radius 3 is 2.25 bits per heavy atom. The summed E-state index contributed by atoms with van der Waals surface area (Å²) in [7, 11) is 1.58. The predicted molar refractivity (Wildman–Crippen MR) is 122 cm³/mol. The lowest BCUT2D eigenvalue weighted by Gasteiger charge is -2.19. The average molecular weight is 434 g/mol. The summed E-state index contributed by atoms with van der Waals surface area (Å²) < 4.78 is 15.7. The average Bonchev–Trinajstić information content (AvgIpc) is 3.30. The van der Waals surface area contributed by atoms with Crippen LogP contribution in [-0.2, 0) is 21.6 Å². The molecule has 0 aliphatic heterocycles. The van der Waals surface area contributed by atoms with Gasteiger partial charge in [-0.2, -0.15) is 0 Å².